The number of hydrogen-bond donors (Lipinski definition) is 2. The van der Waals surface area contributed by atoms with E-state index in [4.69, 9.17) is 10.5 Å². The highest BCUT2D eigenvalue weighted by atomic mass is 19.1. The van der Waals surface area contributed by atoms with Gasteiger partial charge in [0.25, 0.3) is 0 Å². The highest BCUT2D eigenvalue weighted by Crippen LogP contribution is 2.21. The number of carbonyl (C=O) groups is 1. The lowest BCUT2D eigenvalue weighted by atomic mass is 10.1. The van der Waals surface area contributed by atoms with E-state index in [-0.39, 0.29) is 17.5 Å². The van der Waals surface area contributed by atoms with Crippen LogP contribution in [0.15, 0.2) is 18.2 Å². The second kappa shape index (κ2) is 6.96. The molecule has 1 aromatic carbocycles. The van der Waals surface area contributed by atoms with Gasteiger partial charge in [-0.05, 0) is 31.0 Å². The van der Waals surface area contributed by atoms with Crippen molar-refractivity contribution in [3.05, 3.63) is 24.0 Å². The van der Waals surface area contributed by atoms with E-state index in [1.54, 1.807) is 0 Å². The molecule has 0 saturated heterocycles. The summed E-state index contributed by atoms with van der Waals surface area (Å²) in [4.78, 5) is 11.6. The smallest absolute Gasteiger partial charge is 0.224 e. The number of nitrogens with one attached hydrogen (secondary N) is 1. The molecule has 0 aliphatic carbocycles. The van der Waals surface area contributed by atoms with Crippen molar-refractivity contribution in [1.82, 2.24) is 0 Å². The molecule has 0 spiro atoms. The molecule has 1 amide bonds. The van der Waals surface area contributed by atoms with Gasteiger partial charge in [0.15, 0.2) is 0 Å². The van der Waals surface area contributed by atoms with Gasteiger partial charge in [0.05, 0.1) is 12.8 Å². The first-order valence-electron chi connectivity index (χ1n) is 5.90. The van der Waals surface area contributed by atoms with Crippen LogP contribution in [0.5, 0.6) is 5.75 Å². The summed E-state index contributed by atoms with van der Waals surface area (Å²) in [5, 5.41) is 2.53. The van der Waals surface area contributed by atoms with Crippen LogP contribution in [0.4, 0.5) is 10.1 Å². The highest BCUT2D eigenvalue weighted by molar-refractivity contribution is 5.91. The van der Waals surface area contributed by atoms with E-state index in [2.05, 4.69) is 5.32 Å². The molecule has 18 heavy (non-hydrogen) atoms. The molecule has 1 unspecified atom stereocenters. The molecule has 0 fully saturated rings. The standard InChI is InChI=1S/C13H19FN2O2/c1-9(8-15)3-6-13(17)16-12-7-10(18-2)4-5-11(12)14/h4-5,7,9H,3,6,8,15H2,1-2H3,(H,16,17). The topological polar surface area (TPSA) is 64.3 Å². The number of halogens is 1. The zero-order valence-corrected chi connectivity index (χ0v) is 10.7. The van der Waals surface area contributed by atoms with E-state index >= 15 is 0 Å². The Morgan fingerprint density at radius 3 is 2.89 bits per heavy atom. The van der Waals surface area contributed by atoms with Gasteiger partial charge in [0.1, 0.15) is 11.6 Å². The van der Waals surface area contributed by atoms with Gasteiger partial charge in [0.2, 0.25) is 5.91 Å². The molecule has 4 nitrogen and oxygen atoms in total. The van der Waals surface area contributed by atoms with Crippen LogP contribution in [0.3, 0.4) is 0 Å². The van der Waals surface area contributed by atoms with Crippen molar-refractivity contribution >= 4 is 11.6 Å². The van der Waals surface area contributed by atoms with Gasteiger partial charge >= 0.3 is 0 Å². The van der Waals surface area contributed by atoms with E-state index in [9.17, 15) is 9.18 Å². The molecular weight excluding hydrogens is 235 g/mol. The van der Waals surface area contributed by atoms with Crippen molar-refractivity contribution in [3.63, 3.8) is 0 Å². The zero-order valence-electron chi connectivity index (χ0n) is 10.7. The number of hydrogen-bond acceptors (Lipinski definition) is 3. The third-order valence-electron chi connectivity index (χ3n) is 2.71. The Labute approximate surface area is 106 Å². The van der Waals surface area contributed by atoms with Crippen LogP contribution < -0.4 is 15.8 Å². The van der Waals surface area contributed by atoms with E-state index in [1.807, 2.05) is 6.92 Å². The van der Waals surface area contributed by atoms with Crippen molar-refractivity contribution in [2.24, 2.45) is 11.7 Å². The Balaban J connectivity index is 2.58. The lowest BCUT2D eigenvalue weighted by Crippen LogP contribution is -2.17. The van der Waals surface area contributed by atoms with Crippen molar-refractivity contribution in [1.29, 1.82) is 0 Å². The Morgan fingerprint density at radius 2 is 2.28 bits per heavy atom. The largest absolute Gasteiger partial charge is 0.497 e. The molecule has 5 heteroatoms. The highest BCUT2D eigenvalue weighted by Gasteiger charge is 2.09. The van der Waals surface area contributed by atoms with Crippen LogP contribution in [-0.4, -0.2) is 19.6 Å². The molecular formula is C13H19FN2O2. The average Bonchev–Trinajstić information content (AvgIpc) is 2.38. The van der Waals surface area contributed by atoms with Crippen molar-refractivity contribution in [2.75, 3.05) is 19.0 Å². The molecule has 0 aliphatic heterocycles. The predicted octanol–water partition coefficient (Wildman–Crippen LogP) is 2.15. The molecule has 0 bridgehead atoms. The summed E-state index contributed by atoms with van der Waals surface area (Å²) < 4.78 is 18.4. The van der Waals surface area contributed by atoms with Crippen LogP contribution in [0.25, 0.3) is 0 Å². The van der Waals surface area contributed by atoms with Crippen molar-refractivity contribution in [2.45, 2.75) is 19.8 Å². The maximum Gasteiger partial charge on any atom is 0.224 e. The SMILES string of the molecule is COc1ccc(F)c(NC(=O)CCC(C)CN)c1. The summed E-state index contributed by atoms with van der Waals surface area (Å²) >= 11 is 0. The van der Waals surface area contributed by atoms with Gasteiger partial charge in [-0.15, -0.1) is 0 Å². The summed E-state index contributed by atoms with van der Waals surface area (Å²) in [7, 11) is 1.49. The van der Waals surface area contributed by atoms with Gasteiger partial charge in [-0.1, -0.05) is 6.92 Å². The molecule has 0 aliphatic rings. The third-order valence-corrected chi connectivity index (χ3v) is 2.71. The Hall–Kier alpha value is -1.62. The molecule has 1 aromatic rings. The molecule has 100 valence electrons. The number of anilines is 1. The normalized spacial score (nSPS) is 12.0. The average molecular weight is 254 g/mol. The van der Waals surface area contributed by atoms with Crippen LogP contribution in [0, 0.1) is 11.7 Å². The second-order valence-electron chi connectivity index (χ2n) is 4.27. The summed E-state index contributed by atoms with van der Waals surface area (Å²) in [5.41, 5.74) is 5.60. The first-order chi connectivity index (χ1) is 8.56. The predicted molar refractivity (Wildman–Crippen MR) is 69.0 cm³/mol. The summed E-state index contributed by atoms with van der Waals surface area (Å²) in [6.07, 6.45) is 1.02. The third kappa shape index (κ3) is 4.33. The number of amides is 1. The van der Waals surface area contributed by atoms with Gasteiger partial charge in [-0.25, -0.2) is 4.39 Å². The Kier molecular flexibility index (Phi) is 5.58. The summed E-state index contributed by atoms with van der Waals surface area (Å²) in [6.45, 7) is 2.51. The molecule has 3 N–H and O–H groups in total. The van der Waals surface area contributed by atoms with E-state index in [0.29, 0.717) is 25.1 Å². The van der Waals surface area contributed by atoms with Gasteiger partial charge in [0, 0.05) is 12.5 Å². The molecule has 0 aromatic heterocycles. The maximum absolute atomic E-state index is 13.4. The number of nitrogens with two attached hydrogens (primary N) is 1. The van der Waals surface area contributed by atoms with E-state index in [0.717, 1.165) is 0 Å². The number of benzene rings is 1. The monoisotopic (exact) mass is 254 g/mol. The second-order valence-corrected chi connectivity index (χ2v) is 4.27. The molecule has 0 heterocycles. The fraction of sp³-hybridized carbons (Fsp3) is 0.462. The fourth-order valence-corrected chi connectivity index (χ4v) is 1.44. The first kappa shape index (κ1) is 14.4. The van der Waals surface area contributed by atoms with Crippen molar-refractivity contribution in [3.8, 4) is 5.75 Å². The minimum Gasteiger partial charge on any atom is -0.497 e. The number of carbonyl (C=O) groups excluding carboxylic acids is 1. The lowest BCUT2D eigenvalue weighted by molar-refractivity contribution is -0.116. The fourth-order valence-electron chi connectivity index (χ4n) is 1.44. The van der Waals surface area contributed by atoms with E-state index < -0.39 is 5.82 Å². The minimum atomic E-state index is -0.476. The van der Waals surface area contributed by atoms with Crippen LogP contribution >= 0.6 is 0 Å². The molecule has 1 atom stereocenters. The lowest BCUT2D eigenvalue weighted by Gasteiger charge is -2.10. The Bertz CT molecular complexity index is 410. The van der Waals surface area contributed by atoms with Crippen LogP contribution in [0.2, 0.25) is 0 Å². The summed E-state index contributed by atoms with van der Waals surface area (Å²) in [5.74, 6) is 0.0893. The maximum atomic E-state index is 13.4. The van der Waals surface area contributed by atoms with Crippen LogP contribution in [0.1, 0.15) is 19.8 Å². The summed E-state index contributed by atoms with van der Waals surface area (Å²) in [6, 6.07) is 4.22. The number of rotatable bonds is 6. The molecule has 1 rings (SSSR count). The van der Waals surface area contributed by atoms with E-state index in [1.165, 1.54) is 25.3 Å². The number of ether oxygens (including phenoxy) is 1. The first-order valence-corrected chi connectivity index (χ1v) is 5.90. The quantitative estimate of drug-likeness (QED) is 0.817. The van der Waals surface area contributed by atoms with Gasteiger partial charge in [-0.3, -0.25) is 4.79 Å². The van der Waals surface area contributed by atoms with Gasteiger partial charge < -0.3 is 15.8 Å². The minimum absolute atomic E-state index is 0.139. The Morgan fingerprint density at radius 1 is 1.56 bits per heavy atom. The molecule has 0 radical (unpaired) electrons. The van der Waals surface area contributed by atoms with Gasteiger partial charge in [-0.2, -0.15) is 0 Å². The number of methoxy groups -OCH3 is 1. The van der Waals surface area contributed by atoms with Crippen molar-refractivity contribution < 1.29 is 13.9 Å². The molecule has 0 saturated carbocycles. The van der Waals surface area contributed by atoms with Crippen LogP contribution in [-0.2, 0) is 4.79 Å². The zero-order chi connectivity index (χ0) is 13.5.